The van der Waals surface area contributed by atoms with E-state index in [0.717, 1.165) is 19.4 Å². The minimum Gasteiger partial charge on any atom is -0.332 e. The Hall–Kier alpha value is -2.69. The van der Waals surface area contributed by atoms with Crippen molar-refractivity contribution in [2.75, 3.05) is 31.3 Å². The molecule has 0 aliphatic carbocycles. The first-order chi connectivity index (χ1) is 14.7. The van der Waals surface area contributed by atoms with Gasteiger partial charge in [0.15, 0.2) is 22.6 Å². The number of unbranched alkanes of at least 4 members (excludes halogenated alkanes) is 1. The van der Waals surface area contributed by atoms with Crippen molar-refractivity contribution in [3.63, 3.8) is 0 Å². The molecule has 0 unspecified atom stereocenters. The first-order valence-corrected chi connectivity index (χ1v) is 9.88. The van der Waals surface area contributed by atoms with Crippen LogP contribution < -0.4 is 16.0 Å². The van der Waals surface area contributed by atoms with Gasteiger partial charge in [-0.05, 0) is 82.1 Å². The first-order valence-electron chi connectivity index (χ1n) is 9.47. The van der Waals surface area contributed by atoms with Crippen LogP contribution in [0.4, 0.5) is 24.5 Å². The molecule has 0 bridgehead atoms. The standard InChI is InChI=1S/C21H23F3N4O2S.ClH/c1-28(2)10-4-3-5-18(29)25-14-6-8-15(9-7-14)26-21(31)27-20(30)13-11-16(22)19(24)17(23)12-13;/h6-9,11-12H,3-5,10H2,1-2H3,(H,25,29)(H2,26,27,30,31);1H. The van der Waals surface area contributed by atoms with E-state index in [1.165, 1.54) is 0 Å². The molecule has 2 aromatic carbocycles. The average molecular weight is 489 g/mol. The maximum atomic E-state index is 13.3. The van der Waals surface area contributed by atoms with E-state index in [4.69, 9.17) is 12.2 Å². The van der Waals surface area contributed by atoms with E-state index >= 15 is 0 Å². The Balaban J connectivity index is 0.00000512. The van der Waals surface area contributed by atoms with E-state index in [0.29, 0.717) is 29.9 Å². The summed E-state index contributed by atoms with van der Waals surface area (Å²) in [5.41, 5.74) is 0.713. The molecular formula is C21H24ClF3N4O2S. The summed E-state index contributed by atoms with van der Waals surface area (Å²) in [5.74, 6) is -5.58. The van der Waals surface area contributed by atoms with Crippen LogP contribution in [0.25, 0.3) is 0 Å². The van der Waals surface area contributed by atoms with Crippen LogP contribution in [-0.4, -0.2) is 42.5 Å². The Bertz CT molecular complexity index is 936. The average Bonchev–Trinajstić information content (AvgIpc) is 2.70. The summed E-state index contributed by atoms with van der Waals surface area (Å²) in [5, 5.41) is 7.67. The van der Waals surface area contributed by atoms with Gasteiger partial charge in [0, 0.05) is 23.4 Å². The fourth-order valence-electron chi connectivity index (χ4n) is 2.60. The zero-order valence-corrected chi connectivity index (χ0v) is 19.1. The summed E-state index contributed by atoms with van der Waals surface area (Å²) in [6.07, 6.45) is 2.15. The molecular weight excluding hydrogens is 465 g/mol. The van der Waals surface area contributed by atoms with Crippen molar-refractivity contribution in [3.8, 4) is 0 Å². The van der Waals surface area contributed by atoms with Gasteiger partial charge in [0.05, 0.1) is 0 Å². The molecule has 11 heteroatoms. The molecule has 0 aliphatic rings. The second-order valence-electron chi connectivity index (χ2n) is 7.05. The van der Waals surface area contributed by atoms with Crippen molar-refractivity contribution in [1.82, 2.24) is 10.2 Å². The predicted octanol–water partition coefficient (Wildman–Crippen LogP) is 4.32. The van der Waals surface area contributed by atoms with Crippen LogP contribution in [0.3, 0.4) is 0 Å². The molecule has 0 atom stereocenters. The summed E-state index contributed by atoms with van der Waals surface area (Å²) in [4.78, 5) is 26.1. The Morgan fingerprint density at radius 3 is 2.00 bits per heavy atom. The van der Waals surface area contributed by atoms with Crippen molar-refractivity contribution in [2.45, 2.75) is 19.3 Å². The number of carbonyl (C=O) groups is 2. The lowest BCUT2D eigenvalue weighted by Gasteiger charge is -2.11. The third-order valence-corrected chi connectivity index (χ3v) is 4.36. The van der Waals surface area contributed by atoms with E-state index in [9.17, 15) is 22.8 Å². The van der Waals surface area contributed by atoms with Gasteiger partial charge in [0.1, 0.15) is 0 Å². The van der Waals surface area contributed by atoms with E-state index in [1.807, 2.05) is 14.1 Å². The van der Waals surface area contributed by atoms with Crippen LogP contribution in [0.1, 0.15) is 29.6 Å². The van der Waals surface area contributed by atoms with Crippen molar-refractivity contribution in [3.05, 3.63) is 59.4 Å². The molecule has 0 aliphatic heterocycles. The number of benzene rings is 2. The Kier molecular flexibility index (Phi) is 11.1. The quantitative estimate of drug-likeness (QED) is 0.293. The van der Waals surface area contributed by atoms with E-state index in [-0.39, 0.29) is 23.4 Å². The van der Waals surface area contributed by atoms with Gasteiger partial charge >= 0.3 is 0 Å². The molecule has 32 heavy (non-hydrogen) atoms. The monoisotopic (exact) mass is 488 g/mol. The smallest absolute Gasteiger partial charge is 0.257 e. The normalized spacial score (nSPS) is 10.3. The highest BCUT2D eigenvalue weighted by molar-refractivity contribution is 7.80. The number of hydrogen-bond acceptors (Lipinski definition) is 4. The van der Waals surface area contributed by atoms with Gasteiger partial charge in [-0.15, -0.1) is 12.4 Å². The molecule has 6 nitrogen and oxygen atoms in total. The Morgan fingerprint density at radius 2 is 1.47 bits per heavy atom. The summed E-state index contributed by atoms with van der Waals surface area (Å²) in [7, 11) is 3.96. The van der Waals surface area contributed by atoms with E-state index < -0.39 is 28.9 Å². The molecule has 0 saturated heterocycles. The number of hydrogen-bond donors (Lipinski definition) is 3. The first kappa shape index (κ1) is 27.3. The van der Waals surface area contributed by atoms with Crippen molar-refractivity contribution in [1.29, 1.82) is 0 Å². The number of thiocarbonyl (C=S) groups is 1. The highest BCUT2D eigenvalue weighted by Crippen LogP contribution is 2.15. The Morgan fingerprint density at radius 1 is 0.938 bits per heavy atom. The van der Waals surface area contributed by atoms with E-state index in [1.54, 1.807) is 24.3 Å². The fraction of sp³-hybridized carbons (Fsp3) is 0.286. The van der Waals surface area contributed by atoms with Gasteiger partial charge in [-0.1, -0.05) is 0 Å². The highest BCUT2D eigenvalue weighted by atomic mass is 35.5. The molecule has 2 rings (SSSR count). The SMILES string of the molecule is CN(C)CCCCC(=O)Nc1ccc(NC(=S)NC(=O)c2cc(F)c(F)c(F)c2)cc1.Cl. The van der Waals surface area contributed by atoms with Crippen LogP contribution in [0.15, 0.2) is 36.4 Å². The largest absolute Gasteiger partial charge is 0.332 e. The van der Waals surface area contributed by atoms with Crippen LogP contribution in [0, 0.1) is 17.5 Å². The van der Waals surface area contributed by atoms with Gasteiger partial charge in [-0.25, -0.2) is 13.2 Å². The number of nitrogens with zero attached hydrogens (tertiary/aromatic N) is 1. The lowest BCUT2D eigenvalue weighted by atomic mass is 10.2. The summed E-state index contributed by atoms with van der Waals surface area (Å²) in [6, 6.07) is 7.75. The number of anilines is 2. The van der Waals surface area contributed by atoms with Crippen LogP contribution in [0.5, 0.6) is 0 Å². The maximum absolute atomic E-state index is 13.3. The molecule has 3 N–H and O–H groups in total. The zero-order chi connectivity index (χ0) is 23.0. The third kappa shape index (κ3) is 8.81. The molecule has 0 aromatic heterocycles. The van der Waals surface area contributed by atoms with Gasteiger partial charge in [-0.3, -0.25) is 14.9 Å². The number of rotatable bonds is 8. The number of amides is 2. The maximum Gasteiger partial charge on any atom is 0.257 e. The van der Waals surface area contributed by atoms with E-state index in [2.05, 4.69) is 20.9 Å². The van der Waals surface area contributed by atoms with Crippen LogP contribution in [-0.2, 0) is 4.79 Å². The molecule has 2 amide bonds. The molecule has 2 aromatic rings. The highest BCUT2D eigenvalue weighted by Gasteiger charge is 2.16. The lowest BCUT2D eigenvalue weighted by molar-refractivity contribution is -0.116. The molecule has 0 fully saturated rings. The zero-order valence-electron chi connectivity index (χ0n) is 17.5. The predicted molar refractivity (Wildman–Crippen MR) is 125 cm³/mol. The van der Waals surface area contributed by atoms with Gasteiger partial charge in [-0.2, -0.15) is 0 Å². The number of halogens is 4. The second-order valence-corrected chi connectivity index (χ2v) is 7.46. The molecule has 0 heterocycles. The van der Waals surface area contributed by atoms with Crippen LogP contribution in [0.2, 0.25) is 0 Å². The summed E-state index contributed by atoms with van der Waals surface area (Å²) >= 11 is 5.01. The second kappa shape index (κ2) is 13.0. The molecule has 0 saturated carbocycles. The van der Waals surface area contributed by atoms with Crippen molar-refractivity contribution >= 4 is 52.9 Å². The Labute approximate surface area is 196 Å². The summed E-state index contributed by atoms with van der Waals surface area (Å²) < 4.78 is 39.5. The lowest BCUT2D eigenvalue weighted by Crippen LogP contribution is -2.34. The number of carbonyl (C=O) groups excluding carboxylic acids is 2. The molecule has 174 valence electrons. The van der Waals surface area contributed by atoms with Gasteiger partial charge < -0.3 is 15.5 Å². The number of nitrogens with one attached hydrogen (secondary N) is 3. The minimum absolute atomic E-state index is 0. The van der Waals surface area contributed by atoms with Gasteiger partial charge in [0.25, 0.3) is 5.91 Å². The third-order valence-electron chi connectivity index (χ3n) is 4.16. The molecule has 0 spiro atoms. The van der Waals surface area contributed by atoms with Crippen LogP contribution >= 0.6 is 24.6 Å². The van der Waals surface area contributed by atoms with Gasteiger partial charge in [0.2, 0.25) is 5.91 Å². The summed E-state index contributed by atoms with van der Waals surface area (Å²) in [6.45, 7) is 0.926. The van der Waals surface area contributed by atoms with Crippen molar-refractivity contribution < 1.29 is 22.8 Å². The fourth-order valence-corrected chi connectivity index (χ4v) is 2.81. The molecule has 0 radical (unpaired) electrons. The van der Waals surface area contributed by atoms with Crippen molar-refractivity contribution in [2.24, 2.45) is 0 Å². The topological polar surface area (TPSA) is 73.5 Å². The minimum atomic E-state index is -1.65.